The van der Waals surface area contributed by atoms with Crippen LogP contribution in [0.25, 0.3) is 0 Å². The minimum absolute atomic E-state index is 0.00511. The summed E-state index contributed by atoms with van der Waals surface area (Å²) in [6.45, 7) is 6.58. The second-order valence-corrected chi connectivity index (χ2v) is 5.42. The number of phenolic OH excluding ortho intramolecular Hbond substituents is 1. The van der Waals surface area contributed by atoms with Crippen LogP contribution in [-0.2, 0) is 4.79 Å². The maximum absolute atomic E-state index is 12.7. The zero-order chi connectivity index (χ0) is 14.5. The molecule has 1 aliphatic heterocycles. The summed E-state index contributed by atoms with van der Waals surface area (Å²) in [7, 11) is 0. The summed E-state index contributed by atoms with van der Waals surface area (Å²) in [5.74, 6) is 0.625. The number of amides is 1. The van der Waals surface area contributed by atoms with Crippen LogP contribution in [0.3, 0.4) is 0 Å². The van der Waals surface area contributed by atoms with E-state index in [0.29, 0.717) is 6.54 Å². The van der Waals surface area contributed by atoms with E-state index in [1.165, 1.54) is 0 Å². The van der Waals surface area contributed by atoms with Crippen LogP contribution >= 0.6 is 0 Å². The summed E-state index contributed by atoms with van der Waals surface area (Å²) in [5, 5.41) is 12.9. The van der Waals surface area contributed by atoms with Crippen molar-refractivity contribution in [3.05, 3.63) is 29.8 Å². The monoisotopic (exact) mass is 276 g/mol. The van der Waals surface area contributed by atoms with E-state index in [-0.39, 0.29) is 23.6 Å². The maximum atomic E-state index is 12.7. The molecule has 1 saturated heterocycles. The molecular formula is C16H24N2O2. The molecule has 1 unspecified atom stereocenters. The minimum Gasteiger partial charge on any atom is -0.508 e. The molecule has 1 aromatic carbocycles. The van der Waals surface area contributed by atoms with Crippen LogP contribution in [0, 0.1) is 5.92 Å². The van der Waals surface area contributed by atoms with Gasteiger partial charge in [-0.15, -0.1) is 0 Å². The van der Waals surface area contributed by atoms with Gasteiger partial charge in [0.25, 0.3) is 0 Å². The number of piperidine rings is 1. The first-order valence-electron chi connectivity index (χ1n) is 7.43. The second kappa shape index (κ2) is 6.75. The zero-order valence-corrected chi connectivity index (χ0v) is 12.3. The summed E-state index contributed by atoms with van der Waals surface area (Å²) in [4.78, 5) is 14.6. The Morgan fingerprint density at radius 2 is 2.15 bits per heavy atom. The molecule has 20 heavy (non-hydrogen) atoms. The molecule has 4 heteroatoms. The molecule has 1 fully saturated rings. The average molecular weight is 276 g/mol. The summed E-state index contributed by atoms with van der Waals surface area (Å²) in [6.07, 6.45) is 1.84. The van der Waals surface area contributed by atoms with Crippen molar-refractivity contribution in [2.45, 2.75) is 32.7 Å². The number of aromatic hydroxyl groups is 1. The zero-order valence-electron chi connectivity index (χ0n) is 12.3. The fourth-order valence-corrected chi connectivity index (χ4v) is 2.89. The van der Waals surface area contributed by atoms with Crippen molar-refractivity contribution in [3.8, 4) is 5.75 Å². The molecule has 110 valence electrons. The molecule has 1 aromatic rings. The van der Waals surface area contributed by atoms with Crippen LogP contribution in [0.5, 0.6) is 5.75 Å². The molecule has 0 spiro atoms. The SMILES string of the molecule is CCN(C(=O)C1CCNCC1)C(C)c1cccc(O)c1. The van der Waals surface area contributed by atoms with Crippen LogP contribution < -0.4 is 5.32 Å². The minimum atomic E-state index is -0.00511. The fourth-order valence-electron chi connectivity index (χ4n) is 2.89. The standard InChI is InChI=1S/C16H24N2O2/c1-3-18(16(20)13-7-9-17-10-8-13)12(2)14-5-4-6-15(19)11-14/h4-6,11-13,17,19H,3,7-10H2,1-2H3. The number of nitrogens with zero attached hydrogens (tertiary/aromatic N) is 1. The van der Waals surface area contributed by atoms with Gasteiger partial charge in [0.2, 0.25) is 5.91 Å². The maximum Gasteiger partial charge on any atom is 0.226 e. The molecule has 1 heterocycles. The molecule has 1 aliphatic rings. The van der Waals surface area contributed by atoms with Gasteiger partial charge in [0.05, 0.1) is 6.04 Å². The molecule has 0 radical (unpaired) electrons. The number of rotatable bonds is 4. The van der Waals surface area contributed by atoms with Gasteiger partial charge in [-0.1, -0.05) is 12.1 Å². The van der Waals surface area contributed by atoms with Crippen LogP contribution in [-0.4, -0.2) is 35.5 Å². The summed E-state index contributed by atoms with van der Waals surface area (Å²) < 4.78 is 0. The predicted octanol–water partition coefficient (Wildman–Crippen LogP) is 2.30. The second-order valence-electron chi connectivity index (χ2n) is 5.42. The van der Waals surface area contributed by atoms with E-state index in [4.69, 9.17) is 0 Å². The summed E-state index contributed by atoms with van der Waals surface area (Å²) >= 11 is 0. The Hall–Kier alpha value is -1.55. The smallest absolute Gasteiger partial charge is 0.226 e. The summed E-state index contributed by atoms with van der Waals surface area (Å²) in [5.41, 5.74) is 0.981. The Morgan fingerprint density at radius 3 is 2.75 bits per heavy atom. The normalized spacial score (nSPS) is 17.7. The highest BCUT2D eigenvalue weighted by atomic mass is 16.3. The van der Waals surface area contributed by atoms with Crippen LogP contribution in [0.1, 0.15) is 38.3 Å². The van der Waals surface area contributed by atoms with Crippen LogP contribution in [0.4, 0.5) is 0 Å². The molecule has 0 aliphatic carbocycles. The molecule has 0 aromatic heterocycles. The van der Waals surface area contributed by atoms with Crippen molar-refractivity contribution in [3.63, 3.8) is 0 Å². The highest BCUT2D eigenvalue weighted by molar-refractivity contribution is 5.79. The van der Waals surface area contributed by atoms with Gasteiger partial charge in [-0.3, -0.25) is 4.79 Å². The van der Waals surface area contributed by atoms with Crippen molar-refractivity contribution in [1.82, 2.24) is 10.2 Å². The van der Waals surface area contributed by atoms with Crippen molar-refractivity contribution in [2.75, 3.05) is 19.6 Å². The van der Waals surface area contributed by atoms with Gasteiger partial charge >= 0.3 is 0 Å². The van der Waals surface area contributed by atoms with Crippen molar-refractivity contribution in [1.29, 1.82) is 0 Å². The van der Waals surface area contributed by atoms with E-state index < -0.39 is 0 Å². The van der Waals surface area contributed by atoms with Crippen LogP contribution in [0.15, 0.2) is 24.3 Å². The third-order valence-electron chi connectivity index (χ3n) is 4.13. The van der Waals surface area contributed by atoms with Gasteiger partial charge in [-0.05, 0) is 57.5 Å². The van der Waals surface area contributed by atoms with E-state index in [1.54, 1.807) is 12.1 Å². The number of carbonyl (C=O) groups excluding carboxylic acids is 1. The quantitative estimate of drug-likeness (QED) is 0.887. The topological polar surface area (TPSA) is 52.6 Å². The Bertz CT molecular complexity index is 456. The largest absolute Gasteiger partial charge is 0.508 e. The lowest BCUT2D eigenvalue weighted by molar-refractivity contribution is -0.138. The summed E-state index contributed by atoms with van der Waals surface area (Å²) in [6, 6.07) is 7.17. The molecular weight excluding hydrogens is 252 g/mol. The highest BCUT2D eigenvalue weighted by Gasteiger charge is 2.28. The number of nitrogens with one attached hydrogen (secondary N) is 1. The van der Waals surface area contributed by atoms with Crippen molar-refractivity contribution >= 4 is 5.91 Å². The molecule has 0 saturated carbocycles. The lowest BCUT2D eigenvalue weighted by atomic mass is 9.95. The molecule has 2 N–H and O–H groups in total. The fraction of sp³-hybridized carbons (Fsp3) is 0.562. The third-order valence-corrected chi connectivity index (χ3v) is 4.13. The molecule has 1 amide bonds. The van der Waals surface area contributed by atoms with Crippen LogP contribution in [0.2, 0.25) is 0 Å². The van der Waals surface area contributed by atoms with E-state index in [1.807, 2.05) is 30.9 Å². The first-order valence-corrected chi connectivity index (χ1v) is 7.43. The van der Waals surface area contributed by atoms with E-state index >= 15 is 0 Å². The van der Waals surface area contributed by atoms with Gasteiger partial charge in [0.1, 0.15) is 5.75 Å². The van der Waals surface area contributed by atoms with E-state index in [9.17, 15) is 9.90 Å². The van der Waals surface area contributed by atoms with Crippen molar-refractivity contribution < 1.29 is 9.90 Å². The van der Waals surface area contributed by atoms with Gasteiger partial charge in [-0.2, -0.15) is 0 Å². The Kier molecular flexibility index (Phi) is 5.01. The Labute approximate surface area is 120 Å². The number of phenols is 1. The average Bonchev–Trinajstić information content (AvgIpc) is 2.48. The first-order chi connectivity index (χ1) is 9.63. The number of benzene rings is 1. The predicted molar refractivity (Wildman–Crippen MR) is 79.5 cm³/mol. The molecule has 4 nitrogen and oxygen atoms in total. The molecule has 2 rings (SSSR count). The lowest BCUT2D eigenvalue weighted by Crippen LogP contribution is -2.42. The number of carbonyl (C=O) groups is 1. The third kappa shape index (κ3) is 3.31. The van der Waals surface area contributed by atoms with E-state index in [2.05, 4.69) is 5.32 Å². The van der Waals surface area contributed by atoms with E-state index in [0.717, 1.165) is 31.5 Å². The van der Waals surface area contributed by atoms with Gasteiger partial charge < -0.3 is 15.3 Å². The Morgan fingerprint density at radius 1 is 1.45 bits per heavy atom. The van der Waals surface area contributed by atoms with Crippen molar-refractivity contribution in [2.24, 2.45) is 5.92 Å². The lowest BCUT2D eigenvalue weighted by Gasteiger charge is -2.33. The van der Waals surface area contributed by atoms with Gasteiger partial charge in [0, 0.05) is 12.5 Å². The number of hydrogen-bond acceptors (Lipinski definition) is 3. The molecule has 1 atom stereocenters. The van der Waals surface area contributed by atoms with Gasteiger partial charge in [-0.25, -0.2) is 0 Å². The highest BCUT2D eigenvalue weighted by Crippen LogP contribution is 2.26. The Balaban J connectivity index is 2.12. The number of hydrogen-bond donors (Lipinski definition) is 2. The first kappa shape index (κ1) is 14.9. The van der Waals surface area contributed by atoms with Gasteiger partial charge in [0.15, 0.2) is 0 Å². The molecule has 0 bridgehead atoms.